The molecule has 1 aliphatic heterocycles. The van der Waals surface area contributed by atoms with Crippen LogP contribution in [0.3, 0.4) is 0 Å². The van der Waals surface area contributed by atoms with Gasteiger partial charge in [0.05, 0.1) is 29.0 Å². The lowest BCUT2D eigenvalue weighted by Gasteiger charge is -2.35. The molecule has 35 heavy (non-hydrogen) atoms. The van der Waals surface area contributed by atoms with E-state index in [1.165, 1.54) is 18.2 Å². The smallest absolute Gasteiger partial charge is 0.405 e. The van der Waals surface area contributed by atoms with Crippen LogP contribution in [-0.4, -0.2) is 37.4 Å². The van der Waals surface area contributed by atoms with Gasteiger partial charge in [0.2, 0.25) is 0 Å². The molecule has 0 aliphatic carbocycles. The molecular weight excluding hydrogens is 466 g/mol. The van der Waals surface area contributed by atoms with Crippen LogP contribution in [0.25, 0.3) is 27.7 Å². The van der Waals surface area contributed by atoms with Gasteiger partial charge in [0.15, 0.2) is 5.82 Å². The lowest BCUT2D eigenvalue weighted by atomic mass is 9.91. The topological polar surface area (TPSA) is 77.1 Å². The Morgan fingerprint density at radius 3 is 2.57 bits per heavy atom. The van der Waals surface area contributed by atoms with Gasteiger partial charge in [-0.25, -0.2) is 4.39 Å². The summed E-state index contributed by atoms with van der Waals surface area (Å²) in [5, 5.41) is 21.6. The van der Waals surface area contributed by atoms with Gasteiger partial charge in [-0.15, -0.1) is 23.4 Å². The molecule has 0 atom stereocenters. The molecule has 4 aromatic rings. The summed E-state index contributed by atoms with van der Waals surface area (Å²) in [7, 11) is 0. The minimum atomic E-state index is -4.97. The van der Waals surface area contributed by atoms with Crippen LogP contribution >= 0.6 is 0 Å². The van der Waals surface area contributed by atoms with E-state index in [1.54, 1.807) is 35.2 Å². The molecule has 2 N–H and O–H groups in total. The van der Waals surface area contributed by atoms with Gasteiger partial charge in [0, 0.05) is 29.8 Å². The fourth-order valence-electron chi connectivity index (χ4n) is 4.90. The van der Waals surface area contributed by atoms with Gasteiger partial charge >= 0.3 is 6.36 Å². The number of aliphatic hydroxyl groups excluding tert-OH is 1. The predicted octanol–water partition coefficient (Wildman–Crippen LogP) is 5.20. The molecule has 2 aromatic carbocycles. The van der Waals surface area contributed by atoms with Crippen LogP contribution in [0.1, 0.15) is 31.1 Å². The monoisotopic (exact) mass is 489 g/mol. The highest BCUT2D eigenvalue weighted by atomic mass is 19.4. The van der Waals surface area contributed by atoms with Crippen LogP contribution in [0.4, 0.5) is 23.2 Å². The van der Waals surface area contributed by atoms with Gasteiger partial charge in [0.1, 0.15) is 17.4 Å². The maximum Gasteiger partial charge on any atom is 0.573 e. The van der Waals surface area contributed by atoms with E-state index in [0.29, 0.717) is 39.5 Å². The number of alkyl halides is 3. The molecule has 11 heteroatoms. The zero-order valence-electron chi connectivity index (χ0n) is 19.5. The number of anilines is 1. The molecule has 0 spiro atoms. The number of nitrogens with zero attached hydrogens (tertiary/aromatic N) is 4. The number of aromatic nitrogens is 4. The normalized spacial score (nSPS) is 14.5. The van der Waals surface area contributed by atoms with E-state index in [1.807, 2.05) is 13.8 Å². The second-order valence-corrected chi connectivity index (χ2v) is 9.09. The van der Waals surface area contributed by atoms with Crippen molar-refractivity contribution in [1.82, 2.24) is 19.3 Å². The first-order chi connectivity index (χ1) is 16.4. The fourth-order valence-corrected chi connectivity index (χ4v) is 4.90. The second-order valence-electron chi connectivity index (χ2n) is 9.09. The average molecular weight is 489 g/mol. The SMILES string of the molecule is Cc1c(-c2cc(F)cc3c2ccn3CCO)c(OC(F)(F)F)cc2c1-n1c(C)nnc1C(C)(C)N2. The van der Waals surface area contributed by atoms with Crippen LogP contribution < -0.4 is 10.1 Å². The fraction of sp³-hybridized carbons (Fsp3) is 0.333. The van der Waals surface area contributed by atoms with Gasteiger partial charge in [0.25, 0.3) is 0 Å². The van der Waals surface area contributed by atoms with Crippen LogP contribution in [0, 0.1) is 19.7 Å². The Hall–Kier alpha value is -3.60. The summed E-state index contributed by atoms with van der Waals surface area (Å²) in [6.07, 6.45) is -3.31. The van der Waals surface area contributed by atoms with Crippen molar-refractivity contribution in [2.45, 2.75) is 46.1 Å². The van der Waals surface area contributed by atoms with E-state index in [2.05, 4.69) is 20.3 Å². The molecule has 184 valence electrons. The molecule has 0 unspecified atom stereocenters. The lowest BCUT2D eigenvalue weighted by molar-refractivity contribution is -0.274. The average Bonchev–Trinajstić information content (AvgIpc) is 3.31. The number of hydrogen-bond acceptors (Lipinski definition) is 5. The molecule has 1 aliphatic rings. The van der Waals surface area contributed by atoms with Crippen LogP contribution in [0.5, 0.6) is 5.75 Å². The highest BCUT2D eigenvalue weighted by molar-refractivity contribution is 6.00. The Labute approximate surface area is 198 Å². The van der Waals surface area contributed by atoms with Crippen molar-refractivity contribution >= 4 is 16.6 Å². The molecule has 7 nitrogen and oxygen atoms in total. The number of benzene rings is 2. The first-order valence-electron chi connectivity index (χ1n) is 11.0. The maximum absolute atomic E-state index is 14.8. The van der Waals surface area contributed by atoms with Crippen molar-refractivity contribution in [2.24, 2.45) is 0 Å². The number of aryl methyl sites for hydroxylation is 1. The molecule has 0 bridgehead atoms. The van der Waals surface area contributed by atoms with E-state index in [4.69, 9.17) is 0 Å². The molecule has 0 amide bonds. The van der Waals surface area contributed by atoms with Crippen molar-refractivity contribution in [2.75, 3.05) is 11.9 Å². The third-order valence-electron chi connectivity index (χ3n) is 6.25. The summed E-state index contributed by atoms with van der Waals surface area (Å²) < 4.78 is 63.3. The van der Waals surface area contributed by atoms with Crippen LogP contribution in [0.2, 0.25) is 0 Å². The summed E-state index contributed by atoms with van der Waals surface area (Å²) in [4.78, 5) is 0. The first-order valence-corrected chi connectivity index (χ1v) is 11.0. The van der Waals surface area contributed by atoms with Gasteiger partial charge in [-0.1, -0.05) is 0 Å². The van der Waals surface area contributed by atoms with Crippen molar-refractivity contribution in [3.63, 3.8) is 0 Å². The largest absolute Gasteiger partial charge is 0.573 e. The van der Waals surface area contributed by atoms with E-state index >= 15 is 0 Å². The number of hydrogen-bond donors (Lipinski definition) is 2. The van der Waals surface area contributed by atoms with Crippen molar-refractivity contribution in [1.29, 1.82) is 0 Å². The number of rotatable bonds is 4. The minimum absolute atomic E-state index is 0.105. The zero-order chi connectivity index (χ0) is 25.3. The van der Waals surface area contributed by atoms with Gasteiger partial charge in [-0.05, 0) is 57.0 Å². The third-order valence-corrected chi connectivity index (χ3v) is 6.25. The lowest BCUT2D eigenvalue weighted by Crippen LogP contribution is -2.36. The molecule has 0 fully saturated rings. The molecule has 2 aromatic heterocycles. The zero-order valence-corrected chi connectivity index (χ0v) is 19.5. The van der Waals surface area contributed by atoms with E-state index < -0.39 is 23.5 Å². The Bertz CT molecular complexity index is 1470. The van der Waals surface area contributed by atoms with E-state index in [-0.39, 0.29) is 24.3 Å². The Morgan fingerprint density at radius 1 is 1.14 bits per heavy atom. The van der Waals surface area contributed by atoms with Crippen molar-refractivity contribution in [3.05, 3.63) is 53.5 Å². The Balaban J connectivity index is 1.87. The van der Waals surface area contributed by atoms with E-state index in [0.717, 1.165) is 0 Å². The highest BCUT2D eigenvalue weighted by Gasteiger charge is 2.39. The minimum Gasteiger partial charge on any atom is -0.405 e. The van der Waals surface area contributed by atoms with Crippen molar-refractivity contribution in [3.8, 4) is 22.6 Å². The molecule has 0 saturated carbocycles. The van der Waals surface area contributed by atoms with Gasteiger partial charge < -0.3 is 19.7 Å². The molecule has 3 heterocycles. The summed E-state index contributed by atoms with van der Waals surface area (Å²) in [5.41, 5.74) is 1.50. The molecule has 0 radical (unpaired) electrons. The number of fused-ring (bicyclic) bond motifs is 4. The molecular formula is C24H23F4N5O2. The number of halogens is 4. The summed E-state index contributed by atoms with van der Waals surface area (Å²) in [6.45, 7) is 7.17. The summed E-state index contributed by atoms with van der Waals surface area (Å²) in [5.74, 6) is 0.0845. The number of ether oxygens (including phenoxy) is 1. The second kappa shape index (κ2) is 7.70. The van der Waals surface area contributed by atoms with E-state index in [9.17, 15) is 22.7 Å². The number of nitrogens with one attached hydrogen (secondary N) is 1. The van der Waals surface area contributed by atoms with Crippen LogP contribution in [0.15, 0.2) is 30.5 Å². The van der Waals surface area contributed by atoms with Crippen molar-refractivity contribution < 1.29 is 27.4 Å². The van der Waals surface area contributed by atoms with Crippen LogP contribution in [-0.2, 0) is 12.1 Å². The standard InChI is InChI=1S/C24H23F4N5O2/c1-12-20(16-9-14(25)10-18-15(16)5-6-32(18)7-8-34)19(35-24(26,27)28)11-17-21(12)33-13(2)30-31-22(33)23(3,4)29-17/h5-6,9-11,29,34H,7-8H2,1-4H3. The third kappa shape index (κ3) is 3.70. The Morgan fingerprint density at radius 2 is 1.89 bits per heavy atom. The quantitative estimate of drug-likeness (QED) is 0.386. The maximum atomic E-state index is 14.8. The molecule has 5 rings (SSSR count). The predicted molar refractivity (Wildman–Crippen MR) is 122 cm³/mol. The number of aliphatic hydroxyl groups is 1. The summed E-state index contributed by atoms with van der Waals surface area (Å²) >= 11 is 0. The first kappa shape index (κ1) is 23.2. The van der Waals surface area contributed by atoms with Gasteiger partial charge in [-0.3, -0.25) is 4.57 Å². The molecule has 0 saturated heterocycles. The Kier molecular flexibility index (Phi) is 5.10. The highest BCUT2D eigenvalue weighted by Crippen LogP contribution is 2.48. The summed E-state index contributed by atoms with van der Waals surface area (Å²) in [6, 6.07) is 5.46. The van der Waals surface area contributed by atoms with Gasteiger partial charge in [-0.2, -0.15) is 0 Å².